The van der Waals surface area contributed by atoms with Crippen LogP contribution in [0.25, 0.3) is 11.0 Å². The summed E-state index contributed by atoms with van der Waals surface area (Å²) in [4.78, 5) is 17.3. The number of hydrogen-bond donors (Lipinski definition) is 1. The minimum atomic E-state index is -0.107. The monoisotopic (exact) mass is 336 g/mol. The first kappa shape index (κ1) is 17.1. The van der Waals surface area contributed by atoms with Crippen molar-refractivity contribution in [2.75, 3.05) is 0 Å². The van der Waals surface area contributed by atoms with Crippen LogP contribution < -0.4 is 5.32 Å². The summed E-state index contributed by atoms with van der Waals surface area (Å²) in [6, 6.07) is 10.1. The molecule has 0 radical (unpaired) electrons. The molecule has 25 heavy (non-hydrogen) atoms. The van der Waals surface area contributed by atoms with Gasteiger partial charge in [0.2, 0.25) is 0 Å². The quantitative estimate of drug-likeness (QED) is 0.786. The maximum Gasteiger partial charge on any atom is 0.252 e. The van der Waals surface area contributed by atoms with Gasteiger partial charge in [0.1, 0.15) is 0 Å². The number of carbonyl (C=O) groups excluding carboxylic acids is 1. The normalized spacial score (nSPS) is 12.6. The fourth-order valence-electron chi connectivity index (χ4n) is 2.95. The van der Waals surface area contributed by atoms with Gasteiger partial charge in [0, 0.05) is 12.7 Å². The molecule has 2 heterocycles. The average Bonchev–Trinajstić information content (AvgIpc) is 2.95. The zero-order valence-electron chi connectivity index (χ0n) is 15.4. The molecule has 5 heteroatoms. The van der Waals surface area contributed by atoms with Gasteiger partial charge in [0.15, 0.2) is 5.65 Å². The van der Waals surface area contributed by atoms with Crippen molar-refractivity contribution in [1.82, 2.24) is 20.1 Å². The van der Waals surface area contributed by atoms with E-state index in [1.807, 2.05) is 27.0 Å². The molecule has 0 unspecified atom stereocenters. The van der Waals surface area contributed by atoms with Crippen LogP contribution in [0.15, 0.2) is 36.5 Å². The molecule has 0 aliphatic carbocycles. The lowest BCUT2D eigenvalue weighted by Crippen LogP contribution is -2.27. The molecule has 2 aromatic heterocycles. The van der Waals surface area contributed by atoms with Crippen LogP contribution in [0, 0.1) is 6.92 Å². The first-order chi connectivity index (χ1) is 11.9. The smallest absolute Gasteiger partial charge is 0.252 e. The van der Waals surface area contributed by atoms with E-state index in [2.05, 4.69) is 53.5 Å². The summed E-state index contributed by atoms with van der Waals surface area (Å²) in [6.45, 7) is 8.23. The summed E-state index contributed by atoms with van der Waals surface area (Å²) < 4.78 is 1.69. The van der Waals surface area contributed by atoms with Gasteiger partial charge in [-0.05, 0) is 37.0 Å². The van der Waals surface area contributed by atoms with E-state index in [1.54, 1.807) is 10.9 Å². The lowest BCUT2D eigenvalue weighted by atomic mass is 9.99. The molecule has 3 rings (SSSR count). The van der Waals surface area contributed by atoms with Crippen LogP contribution in [0.1, 0.15) is 59.9 Å². The highest BCUT2D eigenvalue weighted by Gasteiger charge is 2.17. The van der Waals surface area contributed by atoms with Crippen molar-refractivity contribution in [3.8, 4) is 0 Å². The van der Waals surface area contributed by atoms with E-state index >= 15 is 0 Å². The lowest BCUT2D eigenvalue weighted by molar-refractivity contribution is 0.0941. The van der Waals surface area contributed by atoms with Gasteiger partial charge in [-0.2, -0.15) is 5.10 Å². The lowest BCUT2D eigenvalue weighted by Gasteiger charge is -2.16. The number of carbonyl (C=O) groups is 1. The van der Waals surface area contributed by atoms with E-state index < -0.39 is 0 Å². The molecule has 0 bridgehead atoms. The van der Waals surface area contributed by atoms with Crippen molar-refractivity contribution < 1.29 is 4.79 Å². The number of pyridine rings is 1. The Labute approximate surface area is 148 Å². The fraction of sp³-hybridized carbons (Fsp3) is 0.350. The molecule has 1 amide bonds. The number of rotatable bonds is 4. The number of nitrogens with one attached hydrogen (secondary N) is 1. The second-order valence-corrected chi connectivity index (χ2v) is 6.83. The minimum Gasteiger partial charge on any atom is -0.345 e. The molecule has 0 saturated carbocycles. The van der Waals surface area contributed by atoms with Gasteiger partial charge in [-0.1, -0.05) is 38.1 Å². The SMILES string of the molecule is Cc1cc(C(=O)N[C@H](C)c2ccc(C(C)C)cc2)c2cnn(C)c2n1. The van der Waals surface area contributed by atoms with Crippen molar-refractivity contribution in [2.45, 2.75) is 39.7 Å². The third-order valence-corrected chi connectivity index (χ3v) is 4.53. The van der Waals surface area contributed by atoms with Crippen LogP contribution in [-0.2, 0) is 7.05 Å². The largest absolute Gasteiger partial charge is 0.345 e. The standard InChI is InChI=1S/C20H24N4O/c1-12(2)15-6-8-16(9-7-15)14(4)23-20(25)17-10-13(3)22-19-18(17)11-21-24(19)5/h6-12,14H,1-5H3,(H,23,25)/t14-/m1/s1. The Morgan fingerprint density at radius 2 is 1.76 bits per heavy atom. The molecule has 0 aliphatic rings. The molecule has 1 atom stereocenters. The number of amides is 1. The van der Waals surface area contributed by atoms with Crippen molar-refractivity contribution in [3.63, 3.8) is 0 Å². The molecule has 3 aromatic rings. The van der Waals surface area contributed by atoms with E-state index in [0.29, 0.717) is 11.5 Å². The molecule has 0 aliphatic heterocycles. The third kappa shape index (κ3) is 3.40. The Kier molecular flexibility index (Phi) is 4.57. The highest BCUT2D eigenvalue weighted by atomic mass is 16.1. The van der Waals surface area contributed by atoms with Gasteiger partial charge >= 0.3 is 0 Å². The number of hydrogen-bond acceptors (Lipinski definition) is 3. The highest BCUT2D eigenvalue weighted by molar-refractivity contribution is 6.05. The van der Waals surface area contributed by atoms with E-state index in [-0.39, 0.29) is 11.9 Å². The van der Waals surface area contributed by atoms with Crippen molar-refractivity contribution >= 4 is 16.9 Å². The first-order valence-electron chi connectivity index (χ1n) is 8.57. The Morgan fingerprint density at radius 3 is 2.40 bits per heavy atom. The number of benzene rings is 1. The fourth-order valence-corrected chi connectivity index (χ4v) is 2.95. The zero-order valence-corrected chi connectivity index (χ0v) is 15.4. The number of aryl methyl sites for hydroxylation is 2. The molecule has 1 N–H and O–H groups in total. The second kappa shape index (κ2) is 6.67. The van der Waals surface area contributed by atoms with Crippen molar-refractivity contribution in [1.29, 1.82) is 0 Å². The van der Waals surface area contributed by atoms with E-state index in [1.165, 1.54) is 5.56 Å². The van der Waals surface area contributed by atoms with Gasteiger partial charge < -0.3 is 5.32 Å². The van der Waals surface area contributed by atoms with E-state index in [9.17, 15) is 4.79 Å². The molecule has 0 spiro atoms. The van der Waals surface area contributed by atoms with Gasteiger partial charge in [-0.3, -0.25) is 9.48 Å². The molecule has 130 valence electrons. The van der Waals surface area contributed by atoms with Crippen molar-refractivity contribution in [3.05, 3.63) is 58.9 Å². The number of nitrogens with zero attached hydrogens (tertiary/aromatic N) is 3. The van der Waals surface area contributed by atoms with Gasteiger partial charge in [-0.15, -0.1) is 0 Å². The molecular weight excluding hydrogens is 312 g/mol. The van der Waals surface area contributed by atoms with Gasteiger partial charge in [0.05, 0.1) is 23.2 Å². The van der Waals surface area contributed by atoms with Crippen LogP contribution >= 0.6 is 0 Å². The molecule has 0 fully saturated rings. The maximum atomic E-state index is 12.8. The summed E-state index contributed by atoms with van der Waals surface area (Å²) in [7, 11) is 1.83. The number of fused-ring (bicyclic) bond motifs is 1. The summed E-state index contributed by atoms with van der Waals surface area (Å²) in [5.74, 6) is 0.390. The second-order valence-electron chi connectivity index (χ2n) is 6.83. The Bertz CT molecular complexity index is 909. The van der Waals surface area contributed by atoms with Crippen LogP contribution in [0.5, 0.6) is 0 Å². The third-order valence-electron chi connectivity index (χ3n) is 4.53. The zero-order chi connectivity index (χ0) is 18.1. The minimum absolute atomic E-state index is 0.0751. The predicted molar refractivity (Wildman–Crippen MR) is 99.7 cm³/mol. The molecule has 1 aromatic carbocycles. The van der Waals surface area contributed by atoms with Crippen LogP contribution in [-0.4, -0.2) is 20.7 Å². The van der Waals surface area contributed by atoms with Gasteiger partial charge in [-0.25, -0.2) is 4.98 Å². The topological polar surface area (TPSA) is 59.8 Å². The van der Waals surface area contributed by atoms with E-state index in [4.69, 9.17) is 0 Å². The highest BCUT2D eigenvalue weighted by Crippen LogP contribution is 2.21. The summed E-state index contributed by atoms with van der Waals surface area (Å²) in [5.41, 5.74) is 4.52. The Morgan fingerprint density at radius 1 is 1.12 bits per heavy atom. The summed E-state index contributed by atoms with van der Waals surface area (Å²) in [6.07, 6.45) is 1.69. The predicted octanol–water partition coefficient (Wildman–Crippen LogP) is 3.89. The molecular formula is C20H24N4O. The summed E-state index contributed by atoms with van der Waals surface area (Å²) >= 11 is 0. The number of aromatic nitrogens is 3. The maximum absolute atomic E-state index is 12.8. The van der Waals surface area contributed by atoms with Crippen molar-refractivity contribution in [2.24, 2.45) is 7.05 Å². The van der Waals surface area contributed by atoms with Crippen LogP contribution in [0.2, 0.25) is 0 Å². The summed E-state index contributed by atoms with van der Waals surface area (Å²) in [5, 5.41) is 8.07. The first-order valence-corrected chi connectivity index (χ1v) is 8.57. The van der Waals surface area contributed by atoms with Gasteiger partial charge in [0.25, 0.3) is 5.91 Å². The molecule has 5 nitrogen and oxygen atoms in total. The molecule has 0 saturated heterocycles. The van der Waals surface area contributed by atoms with E-state index in [0.717, 1.165) is 22.3 Å². The Balaban J connectivity index is 1.84. The van der Waals surface area contributed by atoms with Crippen LogP contribution in [0.4, 0.5) is 0 Å². The average molecular weight is 336 g/mol. The van der Waals surface area contributed by atoms with Crippen LogP contribution in [0.3, 0.4) is 0 Å². The Hall–Kier alpha value is -2.69.